The minimum absolute atomic E-state index is 0.233. The lowest BCUT2D eigenvalue weighted by Crippen LogP contribution is -2.81. The topological polar surface area (TPSA) is 18.5 Å². The largest absolute Gasteiger partial charge is 0.490 e. The van der Waals surface area contributed by atoms with Gasteiger partial charge in [0.1, 0.15) is 82.5 Å². The van der Waals surface area contributed by atoms with Crippen LogP contribution in [-0.2, 0) is 10.9 Å². The molecule has 8 aromatic carbocycles. The summed E-state index contributed by atoms with van der Waals surface area (Å²) in [6, 6.07) is 39.4. The standard InChI is InChI=1S/C26H23O2S.C24BF20/c1-4-12-22(13-5-1)27-20-21-28-25-18-10-11-19-26(25)29(23-14-6-2-7-15-23)24-16-8-3-9-17-24;26-5-1(6(27)14(35)21(42)13(5)34)25(2-7(28)15(36)22(43)16(37)8(2)29,3-9(30)17(38)23(44)18(39)10(3)31)4-11(32)19(40)24(45)20(41)12(4)33/h1-19H,20-21H2;/q+1;-1. The van der Waals surface area contributed by atoms with Crippen LogP contribution in [0.5, 0.6) is 11.5 Å². The number of rotatable bonds is 12. The Morgan fingerprint density at radius 3 is 0.824 bits per heavy atom. The number of halogens is 20. The Bertz CT molecular complexity index is 2990. The molecular formula is C50H23BF20O2S. The number of hydrogen-bond donors (Lipinski definition) is 0. The highest BCUT2D eigenvalue weighted by Gasteiger charge is 2.52. The Balaban J connectivity index is 0.000000237. The third kappa shape index (κ3) is 9.34. The molecule has 0 atom stereocenters. The fraction of sp³-hybridized carbons (Fsp3) is 0.0400. The third-order valence-electron chi connectivity index (χ3n) is 11.1. The Kier molecular flexibility index (Phi) is 16.0. The van der Waals surface area contributed by atoms with E-state index in [-0.39, 0.29) is 10.9 Å². The van der Waals surface area contributed by atoms with Crippen molar-refractivity contribution in [3.63, 3.8) is 0 Å². The van der Waals surface area contributed by atoms with Crippen LogP contribution < -0.4 is 31.3 Å². The molecule has 0 aliphatic heterocycles. The summed E-state index contributed by atoms with van der Waals surface area (Å²) in [6.07, 6.45) is -7.22. The predicted molar refractivity (Wildman–Crippen MR) is 228 cm³/mol. The maximum Gasteiger partial charge on any atom is 0.208 e. The van der Waals surface area contributed by atoms with Gasteiger partial charge in [-0.05, 0) is 48.5 Å². The fourth-order valence-electron chi connectivity index (χ4n) is 7.94. The number of hydrogen-bond acceptors (Lipinski definition) is 2. The van der Waals surface area contributed by atoms with Gasteiger partial charge in [-0.2, -0.15) is 0 Å². The van der Waals surface area contributed by atoms with E-state index in [2.05, 4.69) is 72.8 Å². The molecule has 24 heteroatoms. The minimum Gasteiger partial charge on any atom is -0.490 e. The van der Waals surface area contributed by atoms with Gasteiger partial charge in [-0.25, -0.2) is 87.8 Å². The Hall–Kier alpha value is -7.63. The van der Waals surface area contributed by atoms with Crippen molar-refractivity contribution in [2.24, 2.45) is 0 Å². The van der Waals surface area contributed by atoms with Gasteiger partial charge in [0.15, 0.2) is 85.3 Å². The Labute approximate surface area is 406 Å². The molecule has 2 nitrogen and oxygen atoms in total. The molecule has 0 N–H and O–H groups in total. The van der Waals surface area contributed by atoms with Crippen molar-refractivity contribution in [3.8, 4) is 11.5 Å². The van der Waals surface area contributed by atoms with Gasteiger partial charge >= 0.3 is 0 Å². The molecule has 0 saturated heterocycles. The second-order valence-corrected chi connectivity index (χ2v) is 17.2. The van der Waals surface area contributed by atoms with E-state index in [0.717, 1.165) is 11.5 Å². The first kappa shape index (κ1) is 54.2. The van der Waals surface area contributed by atoms with Crippen LogP contribution in [0.25, 0.3) is 0 Å². The summed E-state index contributed by atoms with van der Waals surface area (Å²) in [5.74, 6) is -69.6. The zero-order valence-corrected chi connectivity index (χ0v) is 37.1. The number of para-hydroxylation sites is 2. The maximum atomic E-state index is 15.4. The summed E-state index contributed by atoms with van der Waals surface area (Å²) in [6.45, 7) is 0.996. The van der Waals surface area contributed by atoms with Crippen LogP contribution in [0.1, 0.15) is 0 Å². The van der Waals surface area contributed by atoms with Crippen molar-refractivity contribution >= 4 is 38.9 Å². The van der Waals surface area contributed by atoms with E-state index in [1.165, 1.54) is 14.7 Å². The molecule has 0 bridgehead atoms. The summed E-state index contributed by atoms with van der Waals surface area (Å²) in [5.41, 5.74) is -14.3. The van der Waals surface area contributed by atoms with Crippen LogP contribution in [-0.4, -0.2) is 19.4 Å². The second-order valence-electron chi connectivity index (χ2n) is 15.2. The van der Waals surface area contributed by atoms with Gasteiger partial charge < -0.3 is 9.47 Å². The van der Waals surface area contributed by atoms with Crippen LogP contribution in [0, 0.1) is 116 Å². The lowest BCUT2D eigenvalue weighted by molar-refractivity contribution is 0.214. The zero-order valence-electron chi connectivity index (χ0n) is 36.2. The SMILES string of the molecule is Fc1c(F)c(F)c([B-](c2c(F)c(F)c(F)c(F)c2F)(c2c(F)c(F)c(F)c(F)c2F)c2c(F)c(F)c(F)c(F)c2F)c(F)c1F.c1ccc(OCCOc2ccccc2[S+](c2ccccc2)c2ccccc2)cc1. The highest BCUT2D eigenvalue weighted by atomic mass is 32.2. The summed E-state index contributed by atoms with van der Waals surface area (Å²) < 4.78 is 306. The third-order valence-corrected chi connectivity index (χ3v) is 13.4. The van der Waals surface area contributed by atoms with E-state index >= 15 is 35.1 Å². The normalized spacial score (nSPS) is 11.5. The summed E-state index contributed by atoms with van der Waals surface area (Å²) in [7, 11) is -0.233. The molecule has 0 aliphatic rings. The van der Waals surface area contributed by atoms with Gasteiger partial charge in [0.2, 0.25) is 4.90 Å². The van der Waals surface area contributed by atoms with Crippen molar-refractivity contribution in [2.75, 3.05) is 13.2 Å². The lowest BCUT2D eigenvalue weighted by Gasteiger charge is -2.44. The van der Waals surface area contributed by atoms with E-state index in [1.807, 2.05) is 42.5 Å². The first-order valence-electron chi connectivity index (χ1n) is 20.6. The summed E-state index contributed by atoms with van der Waals surface area (Å²) in [5, 5.41) is 0. The van der Waals surface area contributed by atoms with Gasteiger partial charge in [0.05, 0.1) is 0 Å². The van der Waals surface area contributed by atoms with Crippen LogP contribution in [0.3, 0.4) is 0 Å². The monoisotopic (exact) mass is 1080 g/mol. The summed E-state index contributed by atoms with van der Waals surface area (Å²) >= 11 is 0. The molecule has 74 heavy (non-hydrogen) atoms. The molecule has 8 rings (SSSR count). The average molecular weight is 1080 g/mol. The highest BCUT2D eigenvalue weighted by Crippen LogP contribution is 2.37. The van der Waals surface area contributed by atoms with E-state index in [4.69, 9.17) is 9.47 Å². The van der Waals surface area contributed by atoms with Crippen molar-refractivity contribution in [1.82, 2.24) is 0 Å². The van der Waals surface area contributed by atoms with Crippen molar-refractivity contribution in [1.29, 1.82) is 0 Å². The molecule has 0 saturated carbocycles. The molecule has 0 aromatic heterocycles. The van der Waals surface area contributed by atoms with Crippen LogP contribution >= 0.6 is 0 Å². The first-order valence-corrected chi connectivity index (χ1v) is 21.8. The Morgan fingerprint density at radius 1 is 0.270 bits per heavy atom. The molecule has 0 fully saturated rings. The zero-order chi connectivity index (χ0) is 54.1. The molecule has 0 radical (unpaired) electrons. The molecule has 0 spiro atoms. The average Bonchev–Trinajstić information content (AvgIpc) is 3.41. The smallest absolute Gasteiger partial charge is 0.208 e. The molecule has 0 aliphatic carbocycles. The fourth-order valence-corrected chi connectivity index (χ4v) is 10.1. The van der Waals surface area contributed by atoms with E-state index in [1.54, 1.807) is 0 Å². The quantitative estimate of drug-likeness (QED) is 0.0303. The maximum absolute atomic E-state index is 15.4. The van der Waals surface area contributed by atoms with Crippen molar-refractivity contribution < 1.29 is 97.3 Å². The first-order chi connectivity index (χ1) is 35.1. The van der Waals surface area contributed by atoms with E-state index in [0.29, 0.717) is 13.2 Å². The molecule has 0 heterocycles. The second kappa shape index (κ2) is 21.8. The van der Waals surface area contributed by atoms with Crippen LogP contribution in [0.4, 0.5) is 87.8 Å². The molecule has 384 valence electrons. The lowest BCUT2D eigenvalue weighted by atomic mass is 9.12. The van der Waals surface area contributed by atoms with Crippen molar-refractivity contribution in [3.05, 3.63) is 232 Å². The van der Waals surface area contributed by atoms with Gasteiger partial charge in [0.25, 0.3) is 0 Å². The van der Waals surface area contributed by atoms with Crippen LogP contribution in [0.2, 0.25) is 0 Å². The van der Waals surface area contributed by atoms with Gasteiger partial charge in [0, 0.05) is 0 Å². The molecule has 0 unspecified atom stereocenters. The highest BCUT2D eigenvalue weighted by molar-refractivity contribution is 7.97. The predicted octanol–water partition coefficient (Wildman–Crippen LogP) is 12.1. The van der Waals surface area contributed by atoms with Gasteiger partial charge in [-0.3, -0.25) is 0 Å². The molecule has 8 aromatic rings. The summed E-state index contributed by atoms with van der Waals surface area (Å²) in [4.78, 5) is 3.73. The number of ether oxygens (including phenoxy) is 2. The van der Waals surface area contributed by atoms with Crippen LogP contribution in [0.15, 0.2) is 130 Å². The van der Waals surface area contributed by atoms with Crippen molar-refractivity contribution in [2.45, 2.75) is 14.7 Å². The van der Waals surface area contributed by atoms with E-state index in [9.17, 15) is 52.7 Å². The van der Waals surface area contributed by atoms with E-state index < -0.39 is 144 Å². The minimum atomic E-state index is -7.22. The van der Waals surface area contributed by atoms with Gasteiger partial charge in [-0.1, -0.05) is 66.7 Å². The van der Waals surface area contributed by atoms with Gasteiger partial charge in [-0.15, -0.1) is 21.9 Å². The molecule has 0 amide bonds. The Morgan fingerprint density at radius 2 is 0.514 bits per heavy atom. The number of benzene rings is 8. The molecular weight excluding hydrogens is 1060 g/mol.